The number of likely N-dealkylation sites (N-methyl/N-ethyl adjacent to an activating group) is 1. The van der Waals surface area contributed by atoms with Crippen molar-refractivity contribution < 1.29 is 0 Å². The first kappa shape index (κ1) is 19.0. The van der Waals surface area contributed by atoms with Gasteiger partial charge in [-0.05, 0) is 57.5 Å². The van der Waals surface area contributed by atoms with E-state index in [4.69, 9.17) is 0 Å². The van der Waals surface area contributed by atoms with Crippen molar-refractivity contribution in [1.29, 1.82) is 0 Å². The van der Waals surface area contributed by atoms with Gasteiger partial charge in [0.25, 0.3) is 0 Å². The molecule has 1 aliphatic rings. The van der Waals surface area contributed by atoms with Gasteiger partial charge in [0, 0.05) is 18.1 Å². The normalized spacial score (nSPS) is 27.3. The first-order valence-electron chi connectivity index (χ1n) is 9.16. The first-order valence-corrected chi connectivity index (χ1v) is 9.16. The van der Waals surface area contributed by atoms with Crippen LogP contribution in [0.1, 0.15) is 73.1 Å². The molecule has 0 aromatic rings. The minimum atomic E-state index is 0.379. The Balaban J connectivity index is 2.64. The molecule has 0 bridgehead atoms. The number of nitrogens with one attached hydrogen (secondary N) is 1. The fourth-order valence-electron chi connectivity index (χ4n) is 4.09. The van der Waals surface area contributed by atoms with Gasteiger partial charge < -0.3 is 10.2 Å². The van der Waals surface area contributed by atoms with Crippen molar-refractivity contribution >= 4 is 0 Å². The van der Waals surface area contributed by atoms with Gasteiger partial charge in [-0.25, -0.2) is 0 Å². The van der Waals surface area contributed by atoms with Crippen molar-refractivity contribution in [3.05, 3.63) is 0 Å². The van der Waals surface area contributed by atoms with Crippen molar-refractivity contribution in [2.45, 2.75) is 84.7 Å². The molecule has 0 aromatic carbocycles. The maximum Gasteiger partial charge on any atom is 0.0330 e. The summed E-state index contributed by atoms with van der Waals surface area (Å²) in [5.41, 5.74) is 0.379. The number of hydrogen-bond donors (Lipinski definition) is 1. The summed E-state index contributed by atoms with van der Waals surface area (Å²) in [4.78, 5) is 2.50. The van der Waals surface area contributed by atoms with E-state index in [-0.39, 0.29) is 0 Å². The Hall–Kier alpha value is -0.0800. The molecule has 1 saturated carbocycles. The molecule has 126 valence electrons. The van der Waals surface area contributed by atoms with Gasteiger partial charge in [0.2, 0.25) is 0 Å². The fraction of sp³-hybridized carbons (Fsp3) is 1.00. The molecule has 0 aliphatic heterocycles. The molecule has 21 heavy (non-hydrogen) atoms. The van der Waals surface area contributed by atoms with Crippen LogP contribution < -0.4 is 5.32 Å². The molecular weight excluding hydrogens is 256 g/mol. The predicted octanol–water partition coefficient (Wildman–Crippen LogP) is 4.55. The Morgan fingerprint density at radius 3 is 2.10 bits per heavy atom. The molecule has 0 radical (unpaired) electrons. The lowest BCUT2D eigenvalue weighted by molar-refractivity contribution is 0.0704. The van der Waals surface area contributed by atoms with Crippen LogP contribution in [0.3, 0.4) is 0 Å². The topological polar surface area (TPSA) is 15.3 Å². The third-order valence-corrected chi connectivity index (χ3v) is 5.25. The van der Waals surface area contributed by atoms with E-state index < -0.39 is 0 Å². The van der Waals surface area contributed by atoms with Crippen LogP contribution in [0, 0.1) is 17.8 Å². The molecule has 0 saturated heterocycles. The lowest BCUT2D eigenvalue weighted by atomic mass is 9.75. The SMILES string of the molecule is CC(C)CC(CC(C)C)NCC1(N(C)C)CCCC(C)C1. The minimum absolute atomic E-state index is 0.379. The molecule has 2 atom stereocenters. The fourth-order valence-corrected chi connectivity index (χ4v) is 4.09. The highest BCUT2D eigenvalue weighted by Gasteiger charge is 2.37. The quantitative estimate of drug-likeness (QED) is 0.707. The van der Waals surface area contributed by atoms with Gasteiger partial charge in [0.05, 0.1) is 0 Å². The van der Waals surface area contributed by atoms with E-state index in [1.165, 1.54) is 38.5 Å². The standard InChI is InChI=1S/C19H40N2/c1-15(2)11-18(12-16(3)4)20-14-19(21(6)7)10-8-9-17(5)13-19/h15-18,20H,8-14H2,1-7H3. The summed E-state index contributed by atoms with van der Waals surface area (Å²) in [5, 5.41) is 3.95. The minimum Gasteiger partial charge on any atom is -0.312 e. The van der Waals surface area contributed by atoms with Crippen LogP contribution in [-0.4, -0.2) is 37.1 Å². The van der Waals surface area contributed by atoms with Crippen LogP contribution in [0.15, 0.2) is 0 Å². The zero-order chi connectivity index (χ0) is 16.0. The second-order valence-electron chi connectivity index (χ2n) is 8.66. The van der Waals surface area contributed by atoms with Gasteiger partial charge in [-0.15, -0.1) is 0 Å². The molecule has 2 nitrogen and oxygen atoms in total. The third kappa shape index (κ3) is 6.28. The Morgan fingerprint density at radius 2 is 1.67 bits per heavy atom. The molecule has 0 amide bonds. The largest absolute Gasteiger partial charge is 0.312 e. The van der Waals surface area contributed by atoms with Gasteiger partial charge in [0.15, 0.2) is 0 Å². The van der Waals surface area contributed by atoms with Gasteiger partial charge in [0.1, 0.15) is 0 Å². The van der Waals surface area contributed by atoms with E-state index >= 15 is 0 Å². The number of rotatable bonds is 8. The number of hydrogen-bond acceptors (Lipinski definition) is 2. The van der Waals surface area contributed by atoms with Crippen LogP contribution in [-0.2, 0) is 0 Å². The maximum atomic E-state index is 3.95. The molecule has 2 unspecified atom stereocenters. The Bertz CT molecular complexity index is 275. The average molecular weight is 297 g/mol. The van der Waals surface area contributed by atoms with Crippen molar-refractivity contribution in [3.63, 3.8) is 0 Å². The van der Waals surface area contributed by atoms with Gasteiger partial charge in [-0.3, -0.25) is 0 Å². The highest BCUT2D eigenvalue weighted by molar-refractivity contribution is 4.95. The average Bonchev–Trinajstić information content (AvgIpc) is 2.34. The Kier molecular flexibility index (Phi) is 7.70. The summed E-state index contributed by atoms with van der Waals surface area (Å²) in [5.74, 6) is 2.43. The summed E-state index contributed by atoms with van der Waals surface area (Å²) in [6.45, 7) is 13.0. The van der Waals surface area contributed by atoms with Crippen LogP contribution in [0.4, 0.5) is 0 Å². The lowest BCUT2D eigenvalue weighted by Gasteiger charge is -2.46. The summed E-state index contributed by atoms with van der Waals surface area (Å²) < 4.78 is 0. The summed E-state index contributed by atoms with van der Waals surface area (Å²) in [6.07, 6.45) is 8.11. The summed E-state index contributed by atoms with van der Waals surface area (Å²) in [7, 11) is 4.55. The third-order valence-electron chi connectivity index (χ3n) is 5.25. The van der Waals surface area contributed by atoms with Crippen molar-refractivity contribution in [3.8, 4) is 0 Å². The van der Waals surface area contributed by atoms with Crippen LogP contribution in [0.2, 0.25) is 0 Å². The summed E-state index contributed by atoms with van der Waals surface area (Å²) in [6, 6.07) is 0.680. The molecule has 1 rings (SSSR count). The zero-order valence-corrected chi connectivity index (χ0v) is 15.7. The van der Waals surface area contributed by atoms with Crippen molar-refractivity contribution in [1.82, 2.24) is 10.2 Å². The molecule has 1 fully saturated rings. The maximum absolute atomic E-state index is 3.95. The predicted molar refractivity (Wildman–Crippen MR) is 94.8 cm³/mol. The van der Waals surface area contributed by atoms with Crippen molar-refractivity contribution in [2.24, 2.45) is 17.8 Å². The molecule has 0 aromatic heterocycles. The van der Waals surface area contributed by atoms with E-state index in [0.29, 0.717) is 11.6 Å². The monoisotopic (exact) mass is 296 g/mol. The smallest absolute Gasteiger partial charge is 0.0330 e. The second-order valence-corrected chi connectivity index (χ2v) is 8.66. The molecule has 1 aliphatic carbocycles. The van der Waals surface area contributed by atoms with Crippen LogP contribution in [0.5, 0.6) is 0 Å². The van der Waals surface area contributed by atoms with E-state index in [1.807, 2.05) is 0 Å². The van der Waals surface area contributed by atoms with E-state index in [1.54, 1.807) is 0 Å². The van der Waals surface area contributed by atoms with Crippen molar-refractivity contribution in [2.75, 3.05) is 20.6 Å². The van der Waals surface area contributed by atoms with E-state index in [9.17, 15) is 0 Å². The molecule has 0 spiro atoms. The molecular formula is C19H40N2. The van der Waals surface area contributed by atoms with Crippen LogP contribution in [0.25, 0.3) is 0 Å². The highest BCUT2D eigenvalue weighted by atomic mass is 15.2. The zero-order valence-electron chi connectivity index (χ0n) is 15.7. The molecule has 2 heteroatoms. The van der Waals surface area contributed by atoms with Crippen LogP contribution >= 0.6 is 0 Å². The first-order chi connectivity index (χ1) is 9.75. The summed E-state index contributed by atoms with van der Waals surface area (Å²) >= 11 is 0. The van der Waals surface area contributed by atoms with E-state index in [2.05, 4.69) is 58.9 Å². The molecule has 0 heterocycles. The number of nitrogens with zero attached hydrogens (tertiary/aromatic N) is 1. The van der Waals surface area contributed by atoms with Gasteiger partial charge >= 0.3 is 0 Å². The Labute approximate surface area is 134 Å². The Morgan fingerprint density at radius 1 is 1.10 bits per heavy atom. The second kappa shape index (κ2) is 8.53. The lowest BCUT2D eigenvalue weighted by Crippen LogP contribution is -2.55. The highest BCUT2D eigenvalue weighted by Crippen LogP contribution is 2.35. The van der Waals surface area contributed by atoms with Gasteiger partial charge in [-0.1, -0.05) is 47.5 Å². The van der Waals surface area contributed by atoms with E-state index in [0.717, 1.165) is 24.3 Å². The van der Waals surface area contributed by atoms with Gasteiger partial charge in [-0.2, -0.15) is 0 Å². The molecule has 1 N–H and O–H groups in total.